The van der Waals surface area contributed by atoms with Crippen molar-refractivity contribution in [3.63, 3.8) is 0 Å². The van der Waals surface area contributed by atoms with Gasteiger partial charge >= 0.3 is 0 Å². The summed E-state index contributed by atoms with van der Waals surface area (Å²) in [5, 5.41) is 0.0712. The van der Waals surface area contributed by atoms with Crippen molar-refractivity contribution in [2.24, 2.45) is 7.05 Å². The summed E-state index contributed by atoms with van der Waals surface area (Å²) >= 11 is 0. The number of sulfonamides is 1. The van der Waals surface area contributed by atoms with Crippen molar-refractivity contribution in [3.05, 3.63) is 41.7 Å². The summed E-state index contributed by atoms with van der Waals surface area (Å²) in [6.45, 7) is 0.866. The molecule has 2 heterocycles. The molecule has 0 aliphatic carbocycles. The molecule has 21 heavy (non-hydrogen) atoms. The fraction of sp³-hybridized carbons (Fsp3) is 0.357. The predicted octanol–water partition coefficient (Wildman–Crippen LogP) is 1.14. The quantitative estimate of drug-likeness (QED) is 0.902. The minimum Gasteiger partial charge on any atom is -0.381 e. The van der Waals surface area contributed by atoms with E-state index < -0.39 is 10.0 Å². The highest BCUT2D eigenvalue weighted by molar-refractivity contribution is 7.89. The zero-order valence-corrected chi connectivity index (χ0v) is 12.7. The number of nitrogens with zero attached hydrogens (tertiary/aromatic N) is 3. The Morgan fingerprint density at radius 2 is 1.95 bits per heavy atom. The summed E-state index contributed by atoms with van der Waals surface area (Å²) in [4.78, 5) is 3.88. The van der Waals surface area contributed by atoms with Crippen LogP contribution in [0, 0.1) is 0 Å². The molecule has 112 valence electrons. The first kappa shape index (κ1) is 14.1. The first-order chi connectivity index (χ1) is 10.00. The first-order valence-corrected chi connectivity index (χ1v) is 8.28. The molecule has 0 radical (unpaired) electrons. The van der Waals surface area contributed by atoms with E-state index >= 15 is 0 Å². The Balaban J connectivity index is 2.01. The molecule has 0 bridgehead atoms. The maximum atomic E-state index is 12.8. The van der Waals surface area contributed by atoms with E-state index in [4.69, 9.17) is 5.73 Å². The van der Waals surface area contributed by atoms with Crippen molar-refractivity contribution < 1.29 is 8.42 Å². The molecule has 2 N–H and O–H groups in total. The number of aromatic nitrogens is 2. The third-order valence-electron chi connectivity index (χ3n) is 3.81. The summed E-state index contributed by atoms with van der Waals surface area (Å²) in [6.07, 6.45) is 3.12. The number of aryl methyl sites for hydroxylation is 2. The molecule has 3 rings (SSSR count). The van der Waals surface area contributed by atoms with Gasteiger partial charge in [-0.1, -0.05) is 24.3 Å². The van der Waals surface area contributed by atoms with E-state index in [1.165, 1.54) is 20.8 Å². The van der Waals surface area contributed by atoms with Crippen LogP contribution >= 0.6 is 0 Å². The Morgan fingerprint density at radius 1 is 1.24 bits per heavy atom. The van der Waals surface area contributed by atoms with Gasteiger partial charge < -0.3 is 10.3 Å². The minimum atomic E-state index is -3.64. The molecule has 7 heteroatoms. The topological polar surface area (TPSA) is 81.2 Å². The summed E-state index contributed by atoms with van der Waals surface area (Å²) in [5.74, 6) is 0.0510. The zero-order valence-electron chi connectivity index (χ0n) is 11.9. The van der Waals surface area contributed by atoms with Gasteiger partial charge in [-0.25, -0.2) is 13.4 Å². The maximum absolute atomic E-state index is 12.8. The third-order valence-corrected chi connectivity index (χ3v) is 5.79. The molecule has 1 aromatic heterocycles. The summed E-state index contributed by atoms with van der Waals surface area (Å²) < 4.78 is 28.6. The molecule has 1 aromatic carbocycles. The highest BCUT2D eigenvalue weighted by atomic mass is 32.2. The molecule has 0 fully saturated rings. The number of fused-ring (bicyclic) bond motifs is 1. The van der Waals surface area contributed by atoms with Crippen LogP contribution in [0.15, 0.2) is 35.6 Å². The molecule has 0 saturated heterocycles. The van der Waals surface area contributed by atoms with Crippen LogP contribution in [0.2, 0.25) is 0 Å². The average molecular weight is 306 g/mol. The summed E-state index contributed by atoms with van der Waals surface area (Å²) in [5.41, 5.74) is 8.00. The minimum absolute atomic E-state index is 0.0510. The lowest BCUT2D eigenvalue weighted by Gasteiger charge is -2.20. The van der Waals surface area contributed by atoms with Crippen molar-refractivity contribution in [1.29, 1.82) is 0 Å². The lowest BCUT2D eigenvalue weighted by molar-refractivity contribution is 0.406. The van der Waals surface area contributed by atoms with E-state index in [0.29, 0.717) is 13.1 Å². The number of nitrogens with two attached hydrogens (primary N) is 1. The van der Waals surface area contributed by atoms with Gasteiger partial charge in [-0.05, 0) is 24.0 Å². The van der Waals surface area contributed by atoms with Gasteiger partial charge in [0.05, 0.1) is 6.33 Å². The summed E-state index contributed by atoms with van der Waals surface area (Å²) in [7, 11) is -2.00. The molecule has 1 aliphatic rings. The van der Waals surface area contributed by atoms with E-state index in [2.05, 4.69) is 11.1 Å². The number of imidazole rings is 1. The van der Waals surface area contributed by atoms with E-state index in [1.54, 1.807) is 7.05 Å². The van der Waals surface area contributed by atoms with E-state index in [0.717, 1.165) is 18.4 Å². The van der Waals surface area contributed by atoms with Crippen molar-refractivity contribution in [2.45, 2.75) is 24.4 Å². The number of hydrogen-bond donors (Lipinski definition) is 1. The molecule has 0 saturated carbocycles. The molecule has 0 atom stereocenters. The Bertz CT molecular complexity index is 748. The second-order valence-electron chi connectivity index (χ2n) is 5.26. The van der Waals surface area contributed by atoms with Gasteiger partial charge in [-0.2, -0.15) is 4.31 Å². The van der Waals surface area contributed by atoms with Crippen molar-refractivity contribution in [3.8, 4) is 0 Å². The maximum Gasteiger partial charge on any atom is 0.262 e. The third kappa shape index (κ3) is 2.43. The second-order valence-corrected chi connectivity index (χ2v) is 7.11. The average Bonchev–Trinajstić information content (AvgIpc) is 2.68. The van der Waals surface area contributed by atoms with Gasteiger partial charge in [-0.15, -0.1) is 0 Å². The summed E-state index contributed by atoms with van der Waals surface area (Å²) in [6, 6.07) is 7.97. The van der Waals surface area contributed by atoms with Gasteiger partial charge in [-0.3, -0.25) is 0 Å². The number of hydrogen-bond acceptors (Lipinski definition) is 4. The van der Waals surface area contributed by atoms with Crippen LogP contribution in [0.1, 0.15) is 17.5 Å². The molecule has 0 amide bonds. The number of rotatable bonds is 2. The largest absolute Gasteiger partial charge is 0.381 e. The van der Waals surface area contributed by atoms with E-state index in [-0.39, 0.29) is 10.8 Å². The van der Waals surface area contributed by atoms with Gasteiger partial charge in [0.15, 0.2) is 10.8 Å². The number of anilines is 1. The molecule has 0 spiro atoms. The molecular formula is C14H18N4O2S. The second kappa shape index (κ2) is 5.16. The SMILES string of the molecule is Cn1cnc(N)c1S(=O)(=O)N1CCCc2ccccc2C1. The highest BCUT2D eigenvalue weighted by Gasteiger charge is 2.31. The molecular weight excluding hydrogens is 288 g/mol. The zero-order chi connectivity index (χ0) is 15.0. The Kier molecular flexibility index (Phi) is 3.46. The normalized spacial score (nSPS) is 16.4. The van der Waals surface area contributed by atoms with Crippen LogP contribution in [0.25, 0.3) is 0 Å². The van der Waals surface area contributed by atoms with Gasteiger partial charge in [0, 0.05) is 20.1 Å². The lowest BCUT2D eigenvalue weighted by atomic mass is 10.0. The molecule has 6 nitrogen and oxygen atoms in total. The van der Waals surface area contributed by atoms with Crippen molar-refractivity contribution >= 4 is 15.8 Å². The van der Waals surface area contributed by atoms with Crippen LogP contribution in [0.4, 0.5) is 5.82 Å². The van der Waals surface area contributed by atoms with Crippen LogP contribution in [-0.4, -0.2) is 28.8 Å². The van der Waals surface area contributed by atoms with E-state index in [9.17, 15) is 8.42 Å². The Morgan fingerprint density at radius 3 is 2.62 bits per heavy atom. The van der Waals surface area contributed by atoms with Gasteiger partial charge in [0.25, 0.3) is 10.0 Å². The standard InChI is InChI=1S/C14H18N4O2S/c1-17-10-16-13(15)14(17)21(19,20)18-8-4-7-11-5-2-3-6-12(11)9-18/h2-3,5-6,10H,4,7-9,15H2,1H3. The molecule has 0 unspecified atom stereocenters. The van der Waals surface area contributed by atoms with E-state index in [1.807, 2.05) is 18.2 Å². The number of benzene rings is 1. The van der Waals surface area contributed by atoms with Crippen LogP contribution < -0.4 is 5.73 Å². The van der Waals surface area contributed by atoms with Crippen LogP contribution in [-0.2, 0) is 30.0 Å². The van der Waals surface area contributed by atoms with Crippen LogP contribution in [0.5, 0.6) is 0 Å². The molecule has 2 aromatic rings. The smallest absolute Gasteiger partial charge is 0.262 e. The van der Waals surface area contributed by atoms with Crippen molar-refractivity contribution in [2.75, 3.05) is 12.3 Å². The Labute approximate surface area is 124 Å². The highest BCUT2D eigenvalue weighted by Crippen LogP contribution is 2.26. The van der Waals surface area contributed by atoms with Crippen molar-refractivity contribution in [1.82, 2.24) is 13.9 Å². The monoisotopic (exact) mass is 306 g/mol. The predicted molar refractivity (Wildman–Crippen MR) is 80.0 cm³/mol. The fourth-order valence-corrected chi connectivity index (χ4v) is 4.40. The van der Waals surface area contributed by atoms with Gasteiger partial charge in [0.1, 0.15) is 0 Å². The number of nitrogen functional groups attached to an aromatic ring is 1. The fourth-order valence-electron chi connectivity index (χ4n) is 2.75. The molecule has 1 aliphatic heterocycles. The van der Waals surface area contributed by atoms with Crippen LogP contribution in [0.3, 0.4) is 0 Å². The Hall–Kier alpha value is -1.86. The first-order valence-electron chi connectivity index (χ1n) is 6.84. The van der Waals surface area contributed by atoms with Gasteiger partial charge in [0.2, 0.25) is 0 Å². The lowest BCUT2D eigenvalue weighted by Crippen LogP contribution is -2.32.